The summed E-state index contributed by atoms with van der Waals surface area (Å²) in [6.07, 6.45) is 3.78. The summed E-state index contributed by atoms with van der Waals surface area (Å²) in [7, 11) is 0. The van der Waals surface area contributed by atoms with Crippen molar-refractivity contribution in [2.24, 2.45) is 0 Å². The first kappa shape index (κ1) is 22.2. The quantitative estimate of drug-likeness (QED) is 0.220. The highest BCUT2D eigenvalue weighted by Crippen LogP contribution is 2.29. The Morgan fingerprint density at radius 3 is 1.33 bits per heavy atom. The molecule has 0 radical (unpaired) electrons. The largest absolute Gasteiger partial charge is 0.343 e. The second kappa shape index (κ2) is 8.72. The second-order valence-electron chi connectivity index (χ2n) is 8.91. The van der Waals surface area contributed by atoms with Crippen molar-refractivity contribution >= 4 is 21.8 Å². The highest BCUT2D eigenvalue weighted by Gasteiger charge is 2.11. The van der Waals surface area contributed by atoms with Gasteiger partial charge >= 0.3 is 0 Å². The van der Waals surface area contributed by atoms with E-state index in [4.69, 9.17) is 0 Å². The van der Waals surface area contributed by atoms with Gasteiger partial charge in [0.1, 0.15) is 23.3 Å². The minimum Gasteiger partial charge on any atom is -0.343 e. The van der Waals surface area contributed by atoms with Gasteiger partial charge in [-0.2, -0.15) is 0 Å². The molecule has 2 heterocycles. The van der Waals surface area contributed by atoms with Crippen molar-refractivity contribution < 1.29 is 17.6 Å². The van der Waals surface area contributed by atoms with Gasteiger partial charge in [0.25, 0.3) is 0 Å². The van der Waals surface area contributed by atoms with Gasteiger partial charge in [-0.3, -0.25) is 0 Å². The van der Waals surface area contributed by atoms with E-state index in [9.17, 15) is 17.6 Å². The van der Waals surface area contributed by atoms with Crippen LogP contribution in [0.15, 0.2) is 97.3 Å². The third kappa shape index (κ3) is 4.05. The van der Waals surface area contributed by atoms with Crippen LogP contribution in [-0.4, -0.2) is 9.13 Å². The molecule has 0 fully saturated rings. The summed E-state index contributed by atoms with van der Waals surface area (Å²) in [5.41, 5.74) is 4.63. The first-order valence-corrected chi connectivity index (χ1v) is 11.5. The topological polar surface area (TPSA) is 9.86 Å². The van der Waals surface area contributed by atoms with Gasteiger partial charge in [-0.05, 0) is 58.3 Å². The summed E-state index contributed by atoms with van der Waals surface area (Å²) in [4.78, 5) is 0. The molecule has 0 bridgehead atoms. The fourth-order valence-corrected chi connectivity index (χ4v) is 4.67. The molecule has 0 saturated carbocycles. The lowest BCUT2D eigenvalue weighted by Gasteiger charge is -2.10. The summed E-state index contributed by atoms with van der Waals surface area (Å²) in [6.45, 7) is 0.564. The Morgan fingerprint density at radius 2 is 0.917 bits per heavy atom. The van der Waals surface area contributed by atoms with Gasteiger partial charge in [0, 0.05) is 46.7 Å². The Balaban J connectivity index is 1.36. The van der Waals surface area contributed by atoms with E-state index in [1.54, 1.807) is 0 Å². The zero-order valence-electron chi connectivity index (χ0n) is 19.1. The Labute approximate surface area is 204 Å². The van der Waals surface area contributed by atoms with Crippen molar-refractivity contribution in [2.45, 2.75) is 13.1 Å². The van der Waals surface area contributed by atoms with E-state index in [1.165, 1.54) is 24.3 Å². The van der Waals surface area contributed by atoms with Gasteiger partial charge in [-0.25, -0.2) is 17.6 Å². The number of halogens is 4. The third-order valence-electron chi connectivity index (χ3n) is 6.59. The average Bonchev–Trinajstić information content (AvgIpc) is 3.46. The number of hydrogen-bond donors (Lipinski definition) is 0. The molecule has 6 aromatic rings. The van der Waals surface area contributed by atoms with E-state index in [0.29, 0.717) is 11.1 Å². The molecular formula is C30H20F4N2. The minimum atomic E-state index is -0.599. The highest BCUT2D eigenvalue weighted by atomic mass is 19.1. The Kier molecular flexibility index (Phi) is 5.37. The fraction of sp³-hybridized carbons (Fsp3) is 0.0667. The highest BCUT2D eigenvalue weighted by molar-refractivity contribution is 5.89. The molecule has 0 amide bonds. The fourth-order valence-electron chi connectivity index (χ4n) is 4.67. The van der Waals surface area contributed by atoms with Crippen LogP contribution in [0, 0.1) is 23.3 Å². The molecule has 0 unspecified atom stereocenters. The first-order valence-electron chi connectivity index (χ1n) is 11.5. The van der Waals surface area contributed by atoms with Crippen molar-refractivity contribution in [3.8, 4) is 11.1 Å². The van der Waals surface area contributed by atoms with Gasteiger partial charge in [0.2, 0.25) is 0 Å². The number of aromatic nitrogens is 2. The van der Waals surface area contributed by atoms with Crippen LogP contribution in [0.4, 0.5) is 17.6 Å². The summed E-state index contributed by atoms with van der Waals surface area (Å²) in [5, 5.41) is 2.02. The van der Waals surface area contributed by atoms with Crippen molar-refractivity contribution in [3.05, 3.63) is 132 Å². The smallest absolute Gasteiger partial charge is 0.131 e. The maximum atomic E-state index is 14.2. The lowest BCUT2D eigenvalue weighted by molar-refractivity contribution is 0.567. The zero-order valence-corrected chi connectivity index (χ0v) is 19.1. The van der Waals surface area contributed by atoms with Crippen LogP contribution in [0.2, 0.25) is 0 Å². The molecule has 36 heavy (non-hydrogen) atoms. The second-order valence-corrected chi connectivity index (χ2v) is 8.91. The molecular weight excluding hydrogens is 464 g/mol. The first-order chi connectivity index (χ1) is 17.4. The SMILES string of the molecule is Fc1ccc(Cn2ccc3ccc(-c4ccc5ccn(Cc6ccc(F)cc6F)c5c4)cc32)c(F)c1. The molecule has 0 spiro atoms. The van der Waals surface area contributed by atoms with E-state index in [1.807, 2.05) is 70.1 Å². The van der Waals surface area contributed by atoms with Crippen molar-refractivity contribution in [3.63, 3.8) is 0 Å². The standard InChI is InChI=1S/C30H20F4N2/c31-25-7-5-23(27(33)15-25)17-35-11-9-19-1-3-21(13-29(19)35)22-4-2-20-10-12-36(30(20)14-22)18-24-6-8-26(32)16-28(24)34/h1-16H,17-18H2. The molecule has 2 nitrogen and oxygen atoms in total. The Hall–Kier alpha value is -4.32. The van der Waals surface area contributed by atoms with Crippen molar-refractivity contribution in [2.75, 3.05) is 0 Å². The van der Waals surface area contributed by atoms with Gasteiger partial charge in [0.05, 0.1) is 13.1 Å². The number of rotatable bonds is 5. The van der Waals surface area contributed by atoms with E-state index in [-0.39, 0.29) is 13.1 Å². The number of hydrogen-bond acceptors (Lipinski definition) is 0. The van der Waals surface area contributed by atoms with Crippen molar-refractivity contribution in [1.29, 1.82) is 0 Å². The molecule has 0 aliphatic rings. The molecule has 0 saturated heterocycles. The van der Waals surface area contributed by atoms with Crippen LogP contribution in [-0.2, 0) is 13.1 Å². The van der Waals surface area contributed by atoms with Crippen LogP contribution in [0.25, 0.3) is 32.9 Å². The summed E-state index contributed by atoms with van der Waals surface area (Å²) in [6, 6.07) is 23.3. The van der Waals surface area contributed by atoms with Crippen LogP contribution in [0.5, 0.6) is 0 Å². The molecule has 0 N–H and O–H groups in total. The molecule has 6 rings (SSSR count). The lowest BCUT2D eigenvalue weighted by atomic mass is 10.0. The molecule has 0 aliphatic carbocycles. The summed E-state index contributed by atoms with van der Waals surface area (Å²) < 4.78 is 59.0. The minimum absolute atomic E-state index is 0.282. The Bertz CT molecular complexity index is 1620. The molecule has 2 aromatic heterocycles. The maximum Gasteiger partial charge on any atom is 0.131 e. The number of nitrogens with zero attached hydrogens (tertiary/aromatic N) is 2. The van der Waals surface area contributed by atoms with Gasteiger partial charge in [0.15, 0.2) is 0 Å². The van der Waals surface area contributed by atoms with Gasteiger partial charge in [-0.15, -0.1) is 0 Å². The van der Waals surface area contributed by atoms with Crippen molar-refractivity contribution in [1.82, 2.24) is 9.13 Å². The third-order valence-corrected chi connectivity index (χ3v) is 6.59. The van der Waals surface area contributed by atoms with E-state index in [0.717, 1.165) is 45.1 Å². The average molecular weight is 484 g/mol. The predicted octanol–water partition coefficient (Wildman–Crippen LogP) is 7.92. The van der Waals surface area contributed by atoms with Crippen LogP contribution in [0.1, 0.15) is 11.1 Å². The molecule has 178 valence electrons. The van der Waals surface area contributed by atoms with E-state index < -0.39 is 23.3 Å². The number of benzene rings is 4. The monoisotopic (exact) mass is 484 g/mol. The van der Waals surface area contributed by atoms with Crippen LogP contribution >= 0.6 is 0 Å². The van der Waals surface area contributed by atoms with Crippen LogP contribution < -0.4 is 0 Å². The normalized spacial score (nSPS) is 11.6. The zero-order chi connectivity index (χ0) is 24.8. The molecule has 4 aromatic carbocycles. The van der Waals surface area contributed by atoms with E-state index in [2.05, 4.69) is 0 Å². The molecule has 0 atom stereocenters. The predicted molar refractivity (Wildman–Crippen MR) is 134 cm³/mol. The Morgan fingerprint density at radius 1 is 0.472 bits per heavy atom. The lowest BCUT2D eigenvalue weighted by Crippen LogP contribution is -2.01. The summed E-state index contributed by atoms with van der Waals surface area (Å²) in [5.74, 6) is -2.34. The van der Waals surface area contributed by atoms with Crippen LogP contribution in [0.3, 0.4) is 0 Å². The van der Waals surface area contributed by atoms with Gasteiger partial charge in [-0.1, -0.05) is 36.4 Å². The van der Waals surface area contributed by atoms with E-state index >= 15 is 0 Å². The molecule has 6 heteroatoms. The van der Waals surface area contributed by atoms with Gasteiger partial charge < -0.3 is 9.13 Å². The maximum absolute atomic E-state index is 14.2. The molecule has 0 aliphatic heterocycles. The number of fused-ring (bicyclic) bond motifs is 2. The summed E-state index contributed by atoms with van der Waals surface area (Å²) >= 11 is 0.